The molecular formula is C16H27N3O3. The van der Waals surface area contributed by atoms with E-state index >= 15 is 0 Å². The molecular weight excluding hydrogens is 282 g/mol. The van der Waals surface area contributed by atoms with E-state index in [1.54, 1.807) is 11.8 Å². The molecule has 0 aromatic carbocycles. The van der Waals surface area contributed by atoms with E-state index in [0.717, 1.165) is 6.42 Å². The van der Waals surface area contributed by atoms with Crippen LogP contribution in [0.15, 0.2) is 0 Å². The van der Waals surface area contributed by atoms with Crippen LogP contribution in [0.2, 0.25) is 0 Å². The van der Waals surface area contributed by atoms with E-state index in [1.165, 1.54) is 25.7 Å². The number of morpholine rings is 1. The van der Waals surface area contributed by atoms with E-state index in [0.29, 0.717) is 38.3 Å². The van der Waals surface area contributed by atoms with E-state index in [-0.39, 0.29) is 17.9 Å². The molecule has 2 heterocycles. The van der Waals surface area contributed by atoms with Crippen LogP contribution in [0.5, 0.6) is 0 Å². The van der Waals surface area contributed by atoms with Gasteiger partial charge in [0.15, 0.2) is 0 Å². The van der Waals surface area contributed by atoms with Crippen LogP contribution in [0.1, 0.15) is 39.0 Å². The third-order valence-electron chi connectivity index (χ3n) is 5.23. The monoisotopic (exact) mass is 309 g/mol. The molecule has 0 aromatic heterocycles. The Balaban J connectivity index is 1.49. The largest absolute Gasteiger partial charge is 0.378 e. The Hall–Kier alpha value is -1.14. The summed E-state index contributed by atoms with van der Waals surface area (Å²) in [6, 6.07) is -0.0992. The second-order valence-corrected chi connectivity index (χ2v) is 6.77. The van der Waals surface area contributed by atoms with Gasteiger partial charge >= 0.3 is 0 Å². The standard InChI is InChI=1S/C16H27N3O3/c1-11(16(21)19-6-8-22-9-7-19)17-15(20)14-10-12-4-2-3-5-13(12)18-14/h11-14,18H,2-10H2,1H3,(H,17,20). The predicted octanol–water partition coefficient (Wildman–Crippen LogP) is 0.271. The van der Waals surface area contributed by atoms with Crippen molar-refractivity contribution >= 4 is 11.8 Å². The number of nitrogens with zero attached hydrogens (tertiary/aromatic N) is 1. The van der Waals surface area contributed by atoms with Crippen molar-refractivity contribution in [2.24, 2.45) is 5.92 Å². The zero-order chi connectivity index (χ0) is 15.5. The van der Waals surface area contributed by atoms with Gasteiger partial charge in [0.25, 0.3) is 0 Å². The van der Waals surface area contributed by atoms with Crippen molar-refractivity contribution in [3.05, 3.63) is 0 Å². The highest BCUT2D eigenvalue weighted by Gasteiger charge is 2.38. The molecule has 2 N–H and O–H groups in total. The minimum atomic E-state index is -0.463. The molecule has 1 saturated carbocycles. The summed E-state index contributed by atoms with van der Waals surface area (Å²) in [6.45, 7) is 4.17. The lowest BCUT2D eigenvalue weighted by Crippen LogP contribution is -2.53. The van der Waals surface area contributed by atoms with Crippen LogP contribution in [-0.2, 0) is 14.3 Å². The highest BCUT2D eigenvalue weighted by Crippen LogP contribution is 2.33. The summed E-state index contributed by atoms with van der Waals surface area (Å²) in [5.41, 5.74) is 0. The minimum absolute atomic E-state index is 0.00735. The van der Waals surface area contributed by atoms with Crippen molar-refractivity contribution in [3.8, 4) is 0 Å². The molecule has 6 heteroatoms. The summed E-state index contributed by atoms with van der Waals surface area (Å²) in [7, 11) is 0. The summed E-state index contributed by atoms with van der Waals surface area (Å²) in [4.78, 5) is 26.5. The molecule has 124 valence electrons. The lowest BCUT2D eigenvalue weighted by Gasteiger charge is -2.29. The van der Waals surface area contributed by atoms with Gasteiger partial charge < -0.3 is 20.3 Å². The van der Waals surface area contributed by atoms with Gasteiger partial charge in [0, 0.05) is 19.1 Å². The molecule has 4 atom stereocenters. The van der Waals surface area contributed by atoms with Gasteiger partial charge in [0.2, 0.25) is 11.8 Å². The fourth-order valence-corrected chi connectivity index (χ4v) is 3.95. The summed E-state index contributed by atoms with van der Waals surface area (Å²) in [5, 5.41) is 6.35. The van der Waals surface area contributed by atoms with Gasteiger partial charge in [0.05, 0.1) is 19.3 Å². The first-order chi connectivity index (χ1) is 10.6. The first kappa shape index (κ1) is 15.7. The smallest absolute Gasteiger partial charge is 0.245 e. The van der Waals surface area contributed by atoms with Crippen LogP contribution in [-0.4, -0.2) is 61.1 Å². The average molecular weight is 309 g/mol. The molecule has 3 aliphatic rings. The minimum Gasteiger partial charge on any atom is -0.378 e. The quantitative estimate of drug-likeness (QED) is 0.785. The molecule has 3 rings (SSSR count). The van der Waals surface area contributed by atoms with Crippen LogP contribution in [0.4, 0.5) is 0 Å². The molecule has 0 bridgehead atoms. The maximum absolute atomic E-state index is 12.4. The summed E-state index contributed by atoms with van der Waals surface area (Å²) >= 11 is 0. The van der Waals surface area contributed by atoms with Gasteiger partial charge in [-0.05, 0) is 32.1 Å². The molecule has 2 amide bonds. The summed E-state index contributed by atoms with van der Waals surface area (Å²) in [5.74, 6) is 0.602. The van der Waals surface area contributed by atoms with Gasteiger partial charge in [-0.25, -0.2) is 0 Å². The van der Waals surface area contributed by atoms with Crippen molar-refractivity contribution in [3.63, 3.8) is 0 Å². The van der Waals surface area contributed by atoms with Gasteiger partial charge in [-0.2, -0.15) is 0 Å². The number of amides is 2. The first-order valence-corrected chi connectivity index (χ1v) is 8.58. The molecule has 4 unspecified atom stereocenters. The van der Waals surface area contributed by atoms with Crippen LogP contribution in [0.3, 0.4) is 0 Å². The molecule has 0 aromatic rings. The molecule has 2 saturated heterocycles. The molecule has 22 heavy (non-hydrogen) atoms. The second kappa shape index (κ2) is 6.96. The molecule has 6 nitrogen and oxygen atoms in total. The Kier molecular flexibility index (Phi) is 4.98. The number of rotatable bonds is 3. The predicted molar refractivity (Wildman–Crippen MR) is 82.3 cm³/mol. The van der Waals surface area contributed by atoms with Gasteiger partial charge in [0.1, 0.15) is 6.04 Å². The highest BCUT2D eigenvalue weighted by molar-refractivity contribution is 5.89. The van der Waals surface area contributed by atoms with Gasteiger partial charge in [-0.1, -0.05) is 12.8 Å². The lowest BCUT2D eigenvalue weighted by molar-refractivity contribution is -0.139. The lowest BCUT2D eigenvalue weighted by atomic mass is 9.85. The van der Waals surface area contributed by atoms with Crippen molar-refractivity contribution in [2.75, 3.05) is 26.3 Å². The number of carbonyl (C=O) groups is 2. The third kappa shape index (κ3) is 3.43. The van der Waals surface area contributed by atoms with E-state index in [1.807, 2.05) is 0 Å². The van der Waals surface area contributed by atoms with Gasteiger partial charge in [-0.3, -0.25) is 9.59 Å². The Morgan fingerprint density at radius 1 is 1.23 bits per heavy atom. The van der Waals surface area contributed by atoms with Crippen molar-refractivity contribution in [1.29, 1.82) is 0 Å². The maximum Gasteiger partial charge on any atom is 0.245 e. The fraction of sp³-hybridized carbons (Fsp3) is 0.875. The van der Waals surface area contributed by atoms with Crippen LogP contribution in [0.25, 0.3) is 0 Å². The molecule has 3 fully saturated rings. The number of fused-ring (bicyclic) bond motifs is 1. The number of hydrogen-bond acceptors (Lipinski definition) is 4. The van der Waals surface area contributed by atoms with Crippen LogP contribution < -0.4 is 10.6 Å². The van der Waals surface area contributed by atoms with Crippen molar-refractivity contribution in [1.82, 2.24) is 15.5 Å². The zero-order valence-electron chi connectivity index (χ0n) is 13.3. The first-order valence-electron chi connectivity index (χ1n) is 8.58. The Bertz CT molecular complexity index is 409. The molecule has 1 aliphatic carbocycles. The van der Waals surface area contributed by atoms with E-state index < -0.39 is 6.04 Å². The zero-order valence-corrected chi connectivity index (χ0v) is 13.3. The molecule has 0 radical (unpaired) electrons. The van der Waals surface area contributed by atoms with Gasteiger partial charge in [-0.15, -0.1) is 0 Å². The van der Waals surface area contributed by atoms with E-state index in [9.17, 15) is 9.59 Å². The van der Waals surface area contributed by atoms with Crippen LogP contribution in [0, 0.1) is 5.92 Å². The van der Waals surface area contributed by atoms with Crippen molar-refractivity contribution in [2.45, 2.75) is 57.2 Å². The Morgan fingerprint density at radius 2 is 1.95 bits per heavy atom. The fourth-order valence-electron chi connectivity index (χ4n) is 3.95. The summed E-state index contributed by atoms with van der Waals surface area (Å²) < 4.78 is 5.25. The third-order valence-corrected chi connectivity index (χ3v) is 5.23. The van der Waals surface area contributed by atoms with Crippen molar-refractivity contribution < 1.29 is 14.3 Å². The number of carbonyl (C=O) groups excluding carboxylic acids is 2. The highest BCUT2D eigenvalue weighted by atomic mass is 16.5. The number of hydrogen-bond donors (Lipinski definition) is 2. The normalized spacial score (nSPS) is 33.1. The SMILES string of the molecule is CC(NC(=O)C1CC2CCCCC2N1)C(=O)N1CCOCC1. The van der Waals surface area contributed by atoms with E-state index in [4.69, 9.17) is 4.74 Å². The Labute approximate surface area is 131 Å². The second-order valence-electron chi connectivity index (χ2n) is 6.77. The summed E-state index contributed by atoms with van der Waals surface area (Å²) in [6.07, 6.45) is 5.85. The molecule has 0 spiro atoms. The Morgan fingerprint density at radius 3 is 2.68 bits per heavy atom. The molecule has 2 aliphatic heterocycles. The average Bonchev–Trinajstić information content (AvgIpc) is 2.99. The van der Waals surface area contributed by atoms with E-state index in [2.05, 4.69) is 10.6 Å². The number of nitrogens with one attached hydrogen (secondary N) is 2. The van der Waals surface area contributed by atoms with Crippen LogP contribution >= 0.6 is 0 Å². The number of ether oxygens (including phenoxy) is 1. The topological polar surface area (TPSA) is 70.7 Å². The maximum atomic E-state index is 12.4.